The number of carbonyl (C=O) groups is 1. The highest BCUT2D eigenvalue weighted by molar-refractivity contribution is 5.94. The lowest BCUT2D eigenvalue weighted by Gasteiger charge is -2.20. The summed E-state index contributed by atoms with van der Waals surface area (Å²) in [4.78, 5) is 23.6. The van der Waals surface area contributed by atoms with Gasteiger partial charge >= 0.3 is 0 Å². The predicted octanol–water partition coefficient (Wildman–Crippen LogP) is 3.05. The molecule has 0 unspecified atom stereocenters. The fraction of sp³-hybridized carbons (Fsp3) is 0.318. The molecule has 3 heterocycles. The van der Waals surface area contributed by atoms with Gasteiger partial charge in [-0.15, -0.1) is 0 Å². The van der Waals surface area contributed by atoms with Gasteiger partial charge in [-0.3, -0.25) is 4.79 Å². The van der Waals surface area contributed by atoms with Crippen LogP contribution in [0.1, 0.15) is 23.1 Å². The third kappa shape index (κ3) is 3.94. The number of methoxy groups -OCH3 is 1. The molecule has 0 bridgehead atoms. The van der Waals surface area contributed by atoms with Crippen LogP contribution >= 0.6 is 0 Å². The average Bonchev–Trinajstić information content (AvgIpc) is 3.05. The van der Waals surface area contributed by atoms with Crippen LogP contribution < -0.4 is 9.47 Å². The number of benzene rings is 1. The van der Waals surface area contributed by atoms with Gasteiger partial charge in [-0.25, -0.2) is 9.97 Å². The second kappa shape index (κ2) is 8.34. The molecule has 0 spiro atoms. The molecule has 7 nitrogen and oxygen atoms in total. The monoisotopic (exact) mass is 392 g/mol. The van der Waals surface area contributed by atoms with Gasteiger partial charge in [-0.1, -0.05) is 0 Å². The van der Waals surface area contributed by atoms with Crippen LogP contribution in [0.25, 0.3) is 11.3 Å². The maximum Gasteiger partial charge on any atom is 0.253 e. The largest absolute Gasteiger partial charge is 0.494 e. The Kier molecular flexibility index (Phi) is 5.46. The normalized spacial score (nSPS) is 13.5. The van der Waals surface area contributed by atoms with Crippen LogP contribution in [-0.4, -0.2) is 52.1 Å². The van der Waals surface area contributed by atoms with Crippen LogP contribution in [0.15, 0.2) is 48.8 Å². The summed E-state index contributed by atoms with van der Waals surface area (Å²) in [6, 6.07) is 11.2. The highest BCUT2D eigenvalue weighted by Crippen LogP contribution is 2.25. The summed E-state index contributed by atoms with van der Waals surface area (Å²) in [5.74, 6) is 2.36. The highest BCUT2D eigenvalue weighted by atomic mass is 16.5. The van der Waals surface area contributed by atoms with Crippen LogP contribution in [0.2, 0.25) is 0 Å². The zero-order valence-corrected chi connectivity index (χ0v) is 16.7. The van der Waals surface area contributed by atoms with Crippen LogP contribution in [0.3, 0.4) is 0 Å². The number of hydrogen-bond donors (Lipinski definition) is 0. The van der Waals surface area contributed by atoms with E-state index in [-0.39, 0.29) is 5.91 Å². The Bertz CT molecular complexity index is 998. The Morgan fingerprint density at radius 1 is 1.10 bits per heavy atom. The van der Waals surface area contributed by atoms with Gasteiger partial charge in [-0.05, 0) is 37.3 Å². The third-order valence-electron chi connectivity index (χ3n) is 5.08. The summed E-state index contributed by atoms with van der Waals surface area (Å²) >= 11 is 0. The minimum atomic E-state index is 0.0333. The third-order valence-corrected chi connectivity index (χ3v) is 5.08. The second-order valence-electron chi connectivity index (χ2n) is 6.80. The molecule has 0 aliphatic carbocycles. The van der Waals surface area contributed by atoms with Crippen molar-refractivity contribution in [2.75, 3.05) is 26.8 Å². The zero-order valence-electron chi connectivity index (χ0n) is 16.7. The Balaban J connectivity index is 1.51. The van der Waals surface area contributed by atoms with E-state index in [0.717, 1.165) is 22.8 Å². The van der Waals surface area contributed by atoms with Crippen LogP contribution in [0, 0.1) is 0 Å². The SMILES string of the molecule is CCOc1ccc(C(=O)N2CCc3ncc(-c4ccnc(OC)c4)n3CC2)cc1. The van der Waals surface area contributed by atoms with E-state index in [9.17, 15) is 4.79 Å². The van der Waals surface area contributed by atoms with Gasteiger partial charge in [0.25, 0.3) is 5.91 Å². The van der Waals surface area contributed by atoms with E-state index in [1.54, 1.807) is 13.3 Å². The molecule has 0 saturated heterocycles. The van der Waals surface area contributed by atoms with Crippen molar-refractivity contribution in [3.8, 4) is 22.9 Å². The van der Waals surface area contributed by atoms with Gasteiger partial charge in [0, 0.05) is 49.4 Å². The van der Waals surface area contributed by atoms with Gasteiger partial charge in [0.05, 0.1) is 25.6 Å². The molecule has 3 aromatic rings. The number of amides is 1. The lowest BCUT2D eigenvalue weighted by atomic mass is 10.2. The van der Waals surface area contributed by atoms with E-state index >= 15 is 0 Å². The molecule has 0 saturated carbocycles. The van der Waals surface area contributed by atoms with E-state index in [1.165, 1.54) is 0 Å². The molecule has 0 atom stereocenters. The molecular formula is C22H24N4O3. The van der Waals surface area contributed by atoms with Crippen molar-refractivity contribution in [3.63, 3.8) is 0 Å². The molecule has 1 amide bonds. The first kappa shape index (κ1) is 19.0. The van der Waals surface area contributed by atoms with Gasteiger partial charge in [0.1, 0.15) is 11.6 Å². The summed E-state index contributed by atoms with van der Waals surface area (Å²) < 4.78 is 12.9. The first-order chi connectivity index (χ1) is 14.2. The first-order valence-electron chi connectivity index (χ1n) is 9.76. The molecular weight excluding hydrogens is 368 g/mol. The summed E-state index contributed by atoms with van der Waals surface area (Å²) in [6.07, 6.45) is 4.32. The average molecular weight is 392 g/mol. The summed E-state index contributed by atoms with van der Waals surface area (Å²) in [5, 5.41) is 0. The summed E-state index contributed by atoms with van der Waals surface area (Å²) in [7, 11) is 1.60. The fourth-order valence-electron chi connectivity index (χ4n) is 3.59. The fourth-order valence-corrected chi connectivity index (χ4v) is 3.59. The Hall–Kier alpha value is -3.35. The predicted molar refractivity (Wildman–Crippen MR) is 109 cm³/mol. The first-order valence-corrected chi connectivity index (χ1v) is 9.76. The molecule has 7 heteroatoms. The number of fused-ring (bicyclic) bond motifs is 1. The minimum Gasteiger partial charge on any atom is -0.494 e. The second-order valence-corrected chi connectivity index (χ2v) is 6.80. The molecule has 2 aromatic heterocycles. The topological polar surface area (TPSA) is 69.5 Å². The van der Waals surface area contributed by atoms with E-state index < -0.39 is 0 Å². The molecule has 1 aromatic carbocycles. The number of aromatic nitrogens is 3. The van der Waals surface area contributed by atoms with Gasteiger partial charge in [0.2, 0.25) is 5.88 Å². The Labute approximate surface area is 169 Å². The van der Waals surface area contributed by atoms with Crippen molar-refractivity contribution < 1.29 is 14.3 Å². The van der Waals surface area contributed by atoms with Crippen molar-refractivity contribution in [2.45, 2.75) is 19.9 Å². The lowest BCUT2D eigenvalue weighted by Crippen LogP contribution is -2.33. The molecule has 0 radical (unpaired) electrons. The molecule has 1 aliphatic heterocycles. The molecule has 1 aliphatic rings. The summed E-state index contributed by atoms with van der Waals surface area (Å²) in [5.41, 5.74) is 2.69. The maximum atomic E-state index is 13.0. The van der Waals surface area contributed by atoms with Crippen molar-refractivity contribution in [2.24, 2.45) is 0 Å². The van der Waals surface area contributed by atoms with E-state index in [4.69, 9.17) is 9.47 Å². The molecule has 4 rings (SSSR count). The van der Waals surface area contributed by atoms with E-state index in [1.807, 2.05) is 54.4 Å². The standard InChI is InChI=1S/C22H24N4O3/c1-3-29-18-6-4-16(5-7-18)22(27)25-11-9-20-24-15-19(26(20)13-12-25)17-8-10-23-21(14-17)28-2/h4-8,10,14-15H,3,9,11-13H2,1-2H3. The quantitative estimate of drug-likeness (QED) is 0.668. The Morgan fingerprint density at radius 2 is 1.93 bits per heavy atom. The molecule has 29 heavy (non-hydrogen) atoms. The van der Waals surface area contributed by atoms with Crippen LogP contribution in [0.5, 0.6) is 11.6 Å². The van der Waals surface area contributed by atoms with E-state index in [0.29, 0.717) is 44.1 Å². The minimum absolute atomic E-state index is 0.0333. The van der Waals surface area contributed by atoms with Gasteiger partial charge in [0.15, 0.2) is 0 Å². The number of imidazole rings is 1. The number of carbonyl (C=O) groups excluding carboxylic acids is 1. The van der Waals surface area contributed by atoms with Crippen LogP contribution in [-0.2, 0) is 13.0 Å². The van der Waals surface area contributed by atoms with Crippen molar-refractivity contribution >= 4 is 5.91 Å². The number of nitrogens with zero attached hydrogens (tertiary/aromatic N) is 4. The lowest BCUT2D eigenvalue weighted by molar-refractivity contribution is 0.0759. The molecule has 150 valence electrons. The van der Waals surface area contributed by atoms with Crippen molar-refractivity contribution in [1.29, 1.82) is 0 Å². The van der Waals surface area contributed by atoms with Gasteiger partial charge in [-0.2, -0.15) is 0 Å². The number of rotatable bonds is 5. The molecule has 0 fully saturated rings. The Morgan fingerprint density at radius 3 is 2.69 bits per heavy atom. The zero-order chi connectivity index (χ0) is 20.2. The summed E-state index contributed by atoms with van der Waals surface area (Å²) in [6.45, 7) is 4.51. The maximum absolute atomic E-state index is 13.0. The van der Waals surface area contributed by atoms with Crippen molar-refractivity contribution in [3.05, 3.63) is 60.2 Å². The molecule has 0 N–H and O–H groups in total. The number of ether oxygens (including phenoxy) is 2. The highest BCUT2D eigenvalue weighted by Gasteiger charge is 2.22. The van der Waals surface area contributed by atoms with Crippen molar-refractivity contribution in [1.82, 2.24) is 19.4 Å². The smallest absolute Gasteiger partial charge is 0.253 e. The van der Waals surface area contributed by atoms with Gasteiger partial charge < -0.3 is 18.9 Å². The van der Waals surface area contributed by atoms with Crippen LogP contribution in [0.4, 0.5) is 0 Å². The van der Waals surface area contributed by atoms with E-state index in [2.05, 4.69) is 14.5 Å². The number of pyridine rings is 1. The number of hydrogen-bond acceptors (Lipinski definition) is 5.